The number of rotatable bonds is 5. The highest BCUT2D eigenvalue weighted by atomic mass is 16.5. The lowest BCUT2D eigenvalue weighted by Crippen LogP contribution is -2.35. The summed E-state index contributed by atoms with van der Waals surface area (Å²) in [5, 5.41) is 8.76. The van der Waals surface area contributed by atoms with Crippen LogP contribution in [-0.2, 0) is 4.74 Å². The van der Waals surface area contributed by atoms with Crippen LogP contribution in [0.2, 0.25) is 0 Å². The van der Waals surface area contributed by atoms with Gasteiger partial charge in [0.1, 0.15) is 0 Å². The summed E-state index contributed by atoms with van der Waals surface area (Å²) in [5.74, 6) is 0.842. The van der Waals surface area contributed by atoms with Gasteiger partial charge < -0.3 is 14.7 Å². The van der Waals surface area contributed by atoms with Gasteiger partial charge in [-0.25, -0.2) is 0 Å². The van der Waals surface area contributed by atoms with E-state index in [1.54, 1.807) is 7.11 Å². The third kappa shape index (κ3) is 4.07. The number of aliphatic hydroxyl groups excluding tert-OH is 1. The third-order valence-electron chi connectivity index (χ3n) is 2.85. The molecule has 0 aliphatic carbocycles. The molecule has 0 unspecified atom stereocenters. The van der Waals surface area contributed by atoms with E-state index in [2.05, 4.69) is 4.90 Å². The van der Waals surface area contributed by atoms with Gasteiger partial charge in [0.25, 0.3) is 0 Å². The molecule has 0 aromatic rings. The number of hydrogen-bond acceptors (Lipinski definition) is 3. The summed E-state index contributed by atoms with van der Waals surface area (Å²) in [6.45, 7) is 4.33. The van der Waals surface area contributed by atoms with Crippen molar-refractivity contribution < 1.29 is 9.84 Å². The molecule has 0 bridgehead atoms. The maximum atomic E-state index is 8.76. The van der Waals surface area contributed by atoms with Crippen molar-refractivity contribution in [3.63, 3.8) is 0 Å². The monoisotopic (exact) mass is 187 g/mol. The Balaban J connectivity index is 2.08. The molecule has 1 heterocycles. The molecule has 0 aromatic heterocycles. The lowest BCUT2D eigenvalue weighted by atomic mass is 9.94. The number of ether oxygens (including phenoxy) is 1. The molecule has 1 fully saturated rings. The molecule has 13 heavy (non-hydrogen) atoms. The van der Waals surface area contributed by atoms with Crippen LogP contribution in [0.3, 0.4) is 0 Å². The molecular weight excluding hydrogens is 166 g/mol. The molecule has 1 N–H and O–H groups in total. The van der Waals surface area contributed by atoms with Gasteiger partial charge in [0.15, 0.2) is 0 Å². The average Bonchev–Trinajstić information content (AvgIpc) is 2.17. The van der Waals surface area contributed by atoms with Gasteiger partial charge in [-0.15, -0.1) is 0 Å². The predicted molar refractivity (Wildman–Crippen MR) is 52.7 cm³/mol. The second-order valence-electron chi connectivity index (χ2n) is 3.79. The summed E-state index contributed by atoms with van der Waals surface area (Å²) >= 11 is 0. The first-order chi connectivity index (χ1) is 6.36. The van der Waals surface area contributed by atoms with Crippen LogP contribution in [-0.4, -0.2) is 50.0 Å². The zero-order valence-corrected chi connectivity index (χ0v) is 8.54. The van der Waals surface area contributed by atoms with Crippen LogP contribution in [0.15, 0.2) is 0 Å². The number of piperidine rings is 1. The number of methoxy groups -OCH3 is 1. The van der Waals surface area contributed by atoms with E-state index < -0.39 is 0 Å². The molecule has 3 nitrogen and oxygen atoms in total. The van der Waals surface area contributed by atoms with E-state index >= 15 is 0 Å². The SMILES string of the molecule is COCCC1CCN(CCO)CC1. The highest BCUT2D eigenvalue weighted by Gasteiger charge is 2.17. The maximum absolute atomic E-state index is 8.76. The minimum absolute atomic E-state index is 0.294. The summed E-state index contributed by atoms with van der Waals surface area (Å²) < 4.78 is 5.07. The van der Waals surface area contributed by atoms with Gasteiger partial charge in [0, 0.05) is 20.3 Å². The van der Waals surface area contributed by atoms with Gasteiger partial charge in [-0.1, -0.05) is 0 Å². The van der Waals surface area contributed by atoms with Crippen LogP contribution in [0.5, 0.6) is 0 Å². The molecule has 1 rings (SSSR count). The van der Waals surface area contributed by atoms with E-state index in [9.17, 15) is 0 Å². The first-order valence-corrected chi connectivity index (χ1v) is 5.19. The molecule has 0 aromatic carbocycles. The first kappa shape index (κ1) is 11.0. The first-order valence-electron chi connectivity index (χ1n) is 5.19. The van der Waals surface area contributed by atoms with E-state index in [4.69, 9.17) is 9.84 Å². The van der Waals surface area contributed by atoms with Crippen molar-refractivity contribution in [2.45, 2.75) is 19.3 Å². The largest absolute Gasteiger partial charge is 0.395 e. The molecule has 1 aliphatic heterocycles. The van der Waals surface area contributed by atoms with Gasteiger partial charge in [-0.2, -0.15) is 0 Å². The molecule has 0 spiro atoms. The van der Waals surface area contributed by atoms with E-state index in [1.807, 2.05) is 0 Å². The normalized spacial score (nSPS) is 20.8. The Morgan fingerprint density at radius 2 is 2.08 bits per heavy atom. The van der Waals surface area contributed by atoms with Crippen molar-refractivity contribution >= 4 is 0 Å². The lowest BCUT2D eigenvalue weighted by molar-refractivity contribution is 0.121. The Kier molecular flexibility index (Phi) is 5.35. The average molecular weight is 187 g/mol. The summed E-state index contributed by atoms with van der Waals surface area (Å²) in [4.78, 5) is 2.34. The molecule has 0 radical (unpaired) electrons. The number of β-amino-alcohol motifs (C(OH)–C–C–N with tert-alkyl or cyclic N) is 1. The maximum Gasteiger partial charge on any atom is 0.0558 e. The Labute approximate surface area is 80.7 Å². The second kappa shape index (κ2) is 6.35. The van der Waals surface area contributed by atoms with Crippen LogP contribution in [0, 0.1) is 5.92 Å². The van der Waals surface area contributed by atoms with Gasteiger partial charge in [0.2, 0.25) is 0 Å². The number of nitrogens with zero attached hydrogens (tertiary/aromatic N) is 1. The quantitative estimate of drug-likeness (QED) is 0.688. The van der Waals surface area contributed by atoms with Crippen molar-refractivity contribution in [2.24, 2.45) is 5.92 Å². The summed E-state index contributed by atoms with van der Waals surface area (Å²) in [6.07, 6.45) is 3.73. The third-order valence-corrected chi connectivity index (χ3v) is 2.85. The molecule has 78 valence electrons. The van der Waals surface area contributed by atoms with Gasteiger partial charge in [0.05, 0.1) is 6.61 Å². The van der Waals surface area contributed by atoms with Crippen molar-refractivity contribution in [1.29, 1.82) is 0 Å². The topological polar surface area (TPSA) is 32.7 Å². The molecular formula is C10H21NO2. The molecule has 3 heteroatoms. The molecule has 0 saturated carbocycles. The van der Waals surface area contributed by atoms with Gasteiger partial charge in [-0.05, 0) is 38.3 Å². The highest BCUT2D eigenvalue weighted by molar-refractivity contribution is 4.71. The van der Waals surface area contributed by atoms with Gasteiger partial charge in [-0.3, -0.25) is 0 Å². The second-order valence-corrected chi connectivity index (χ2v) is 3.79. The standard InChI is InChI=1S/C10H21NO2/c1-13-9-4-10-2-5-11(6-3-10)7-8-12/h10,12H,2-9H2,1H3. The van der Waals surface area contributed by atoms with Crippen LogP contribution in [0.1, 0.15) is 19.3 Å². The highest BCUT2D eigenvalue weighted by Crippen LogP contribution is 2.19. The van der Waals surface area contributed by atoms with Crippen molar-refractivity contribution in [3.05, 3.63) is 0 Å². The Bertz CT molecular complexity index is 122. The fourth-order valence-electron chi connectivity index (χ4n) is 1.92. The number of hydrogen-bond donors (Lipinski definition) is 1. The molecule has 1 saturated heterocycles. The van der Waals surface area contributed by atoms with Crippen molar-refractivity contribution in [1.82, 2.24) is 4.90 Å². The molecule has 0 atom stereocenters. The van der Waals surface area contributed by atoms with Crippen LogP contribution < -0.4 is 0 Å². The minimum atomic E-state index is 0.294. The number of likely N-dealkylation sites (tertiary alicyclic amines) is 1. The van der Waals surface area contributed by atoms with Gasteiger partial charge >= 0.3 is 0 Å². The van der Waals surface area contributed by atoms with E-state index in [0.29, 0.717) is 6.61 Å². The predicted octanol–water partition coefficient (Wildman–Crippen LogP) is 0.727. The van der Waals surface area contributed by atoms with Crippen LogP contribution in [0.25, 0.3) is 0 Å². The summed E-state index contributed by atoms with van der Waals surface area (Å²) in [5.41, 5.74) is 0. The Morgan fingerprint density at radius 1 is 1.38 bits per heavy atom. The van der Waals surface area contributed by atoms with E-state index in [-0.39, 0.29) is 0 Å². The summed E-state index contributed by atoms with van der Waals surface area (Å²) in [6, 6.07) is 0. The molecule has 0 amide bonds. The van der Waals surface area contributed by atoms with E-state index in [1.165, 1.54) is 19.3 Å². The zero-order chi connectivity index (χ0) is 9.52. The Morgan fingerprint density at radius 3 is 2.62 bits per heavy atom. The molecule has 1 aliphatic rings. The van der Waals surface area contributed by atoms with Crippen LogP contribution in [0.4, 0.5) is 0 Å². The van der Waals surface area contributed by atoms with Crippen LogP contribution >= 0.6 is 0 Å². The number of aliphatic hydroxyl groups is 1. The van der Waals surface area contributed by atoms with Crippen molar-refractivity contribution in [3.8, 4) is 0 Å². The van der Waals surface area contributed by atoms with E-state index in [0.717, 1.165) is 32.2 Å². The fourth-order valence-corrected chi connectivity index (χ4v) is 1.92. The summed E-state index contributed by atoms with van der Waals surface area (Å²) in [7, 11) is 1.76. The smallest absolute Gasteiger partial charge is 0.0558 e. The lowest BCUT2D eigenvalue weighted by Gasteiger charge is -2.31. The Hall–Kier alpha value is -0.120. The van der Waals surface area contributed by atoms with Crippen molar-refractivity contribution in [2.75, 3.05) is 40.0 Å². The fraction of sp³-hybridized carbons (Fsp3) is 1.00. The minimum Gasteiger partial charge on any atom is -0.395 e. The zero-order valence-electron chi connectivity index (χ0n) is 8.54.